The lowest BCUT2D eigenvalue weighted by atomic mass is 10.0. The first kappa shape index (κ1) is 19.8. The van der Waals surface area contributed by atoms with Crippen LogP contribution in [0.15, 0.2) is 60.7 Å². The van der Waals surface area contributed by atoms with Crippen molar-refractivity contribution in [3.63, 3.8) is 0 Å². The molecule has 140 valence electrons. The fourth-order valence-electron chi connectivity index (χ4n) is 3.06. The molecule has 2 aromatic carbocycles. The Morgan fingerprint density at radius 2 is 1.42 bits per heavy atom. The average Bonchev–Trinajstić information content (AvgIpc) is 2.72. The summed E-state index contributed by atoms with van der Waals surface area (Å²) < 4.78 is 24.8. The van der Waals surface area contributed by atoms with Gasteiger partial charge in [0.25, 0.3) is 0 Å². The van der Waals surface area contributed by atoms with Crippen LogP contribution in [0.1, 0.15) is 17.5 Å². The molecule has 5 heteroatoms. The van der Waals surface area contributed by atoms with E-state index < -0.39 is 0 Å². The Labute approximate surface area is 168 Å². The van der Waals surface area contributed by atoms with Gasteiger partial charge in [-0.2, -0.15) is 0 Å². The zero-order chi connectivity index (χ0) is 18.2. The number of hydrogen-bond donors (Lipinski definition) is 0. The normalized spacial score (nSPS) is 25.9. The molecule has 1 saturated heterocycles. The summed E-state index contributed by atoms with van der Waals surface area (Å²) in [5.41, 5.74) is 2.30. The van der Waals surface area contributed by atoms with Crippen molar-refractivity contribution in [2.45, 2.75) is 44.2 Å². The number of hydrogen-bond acceptors (Lipinski definition) is 4. The van der Waals surface area contributed by atoms with E-state index in [1.165, 1.54) is 0 Å². The molecule has 1 aliphatic rings. The fourth-order valence-corrected chi connectivity index (χ4v) is 3.83. The van der Waals surface area contributed by atoms with E-state index in [-0.39, 0.29) is 24.6 Å². The number of ether oxygens (including phenoxy) is 4. The summed E-state index contributed by atoms with van der Waals surface area (Å²) in [6, 6.07) is 20.4. The van der Waals surface area contributed by atoms with Crippen molar-refractivity contribution in [2.24, 2.45) is 0 Å². The third kappa shape index (κ3) is 5.50. The van der Waals surface area contributed by atoms with Crippen molar-refractivity contribution >= 4 is 22.6 Å². The van der Waals surface area contributed by atoms with Gasteiger partial charge in [-0.25, -0.2) is 0 Å². The van der Waals surface area contributed by atoms with E-state index in [0.717, 1.165) is 22.0 Å². The summed E-state index contributed by atoms with van der Waals surface area (Å²) in [5, 5.41) is 0. The first-order chi connectivity index (χ1) is 12.8. The molecule has 0 spiro atoms. The molecule has 4 atom stereocenters. The summed E-state index contributed by atoms with van der Waals surface area (Å²) in [6.07, 6.45) is 0.224. The molecular formula is C21H25IO4. The van der Waals surface area contributed by atoms with E-state index >= 15 is 0 Å². The summed E-state index contributed by atoms with van der Waals surface area (Å²) in [4.78, 5) is 0. The van der Waals surface area contributed by atoms with Crippen LogP contribution >= 0.6 is 22.6 Å². The Balaban J connectivity index is 1.60. The van der Waals surface area contributed by atoms with Gasteiger partial charge in [-0.1, -0.05) is 83.3 Å². The Kier molecular flexibility index (Phi) is 7.88. The van der Waals surface area contributed by atoms with Gasteiger partial charge in [0.1, 0.15) is 6.10 Å². The largest absolute Gasteiger partial charge is 0.371 e. The number of alkyl halides is 1. The van der Waals surface area contributed by atoms with Crippen LogP contribution in [0.4, 0.5) is 0 Å². The number of benzene rings is 2. The van der Waals surface area contributed by atoms with Gasteiger partial charge < -0.3 is 18.9 Å². The number of methoxy groups -OCH3 is 1. The van der Waals surface area contributed by atoms with E-state index in [9.17, 15) is 0 Å². The molecule has 0 radical (unpaired) electrons. The van der Waals surface area contributed by atoms with Crippen molar-refractivity contribution in [3.05, 3.63) is 71.8 Å². The predicted molar refractivity (Wildman–Crippen MR) is 109 cm³/mol. The molecule has 4 nitrogen and oxygen atoms in total. The monoisotopic (exact) mass is 468 g/mol. The quantitative estimate of drug-likeness (QED) is 0.427. The first-order valence-electron chi connectivity index (χ1n) is 8.85. The second-order valence-corrected chi connectivity index (χ2v) is 7.22. The van der Waals surface area contributed by atoms with E-state index in [2.05, 4.69) is 46.9 Å². The maximum atomic E-state index is 6.18. The van der Waals surface area contributed by atoms with Gasteiger partial charge in [0.05, 0.1) is 25.4 Å². The Morgan fingerprint density at radius 1 is 0.885 bits per heavy atom. The summed E-state index contributed by atoms with van der Waals surface area (Å²) in [5.74, 6) is 0. The molecule has 2 aromatic rings. The standard InChI is InChI=1S/C21H25IO4/c1-23-21-19(25-15-17-10-6-3-7-11-17)12-18(20(13-22)26-21)24-14-16-8-4-2-5-9-16/h2-11,18-21H,12-15H2,1H3/t18-,19+,20+,21-/m0/s1. The van der Waals surface area contributed by atoms with Crippen LogP contribution in [0.3, 0.4) is 0 Å². The lowest BCUT2D eigenvalue weighted by molar-refractivity contribution is -0.270. The highest BCUT2D eigenvalue weighted by atomic mass is 127. The highest BCUT2D eigenvalue weighted by Crippen LogP contribution is 2.28. The smallest absolute Gasteiger partial charge is 0.183 e. The molecule has 1 heterocycles. The zero-order valence-electron chi connectivity index (χ0n) is 14.9. The van der Waals surface area contributed by atoms with Gasteiger partial charge in [-0.15, -0.1) is 0 Å². The summed E-state index contributed by atoms with van der Waals surface area (Å²) in [6.45, 7) is 1.11. The van der Waals surface area contributed by atoms with Gasteiger partial charge in [0.2, 0.25) is 0 Å². The molecule has 0 aromatic heterocycles. The third-order valence-electron chi connectivity index (χ3n) is 4.49. The minimum atomic E-state index is -0.366. The van der Waals surface area contributed by atoms with E-state index in [1.54, 1.807) is 7.11 Å². The van der Waals surface area contributed by atoms with Crippen molar-refractivity contribution < 1.29 is 18.9 Å². The fraction of sp³-hybridized carbons (Fsp3) is 0.429. The molecule has 3 rings (SSSR count). The van der Waals surface area contributed by atoms with Crippen LogP contribution < -0.4 is 0 Å². The van der Waals surface area contributed by atoms with Gasteiger partial charge in [0.15, 0.2) is 6.29 Å². The minimum absolute atomic E-state index is 0.000775. The molecule has 1 aliphatic heterocycles. The van der Waals surface area contributed by atoms with Gasteiger partial charge in [0, 0.05) is 18.0 Å². The topological polar surface area (TPSA) is 36.9 Å². The average molecular weight is 468 g/mol. The second kappa shape index (κ2) is 10.4. The SMILES string of the molecule is CO[C@H]1O[C@H](CI)[C@@H](OCc2ccccc2)C[C@H]1OCc1ccccc1. The van der Waals surface area contributed by atoms with E-state index in [0.29, 0.717) is 13.2 Å². The molecule has 1 fully saturated rings. The van der Waals surface area contributed by atoms with Crippen molar-refractivity contribution in [2.75, 3.05) is 11.5 Å². The second-order valence-electron chi connectivity index (χ2n) is 6.34. The van der Waals surface area contributed by atoms with Crippen molar-refractivity contribution in [3.8, 4) is 0 Å². The molecule has 0 unspecified atom stereocenters. The Bertz CT molecular complexity index is 581. The van der Waals surface area contributed by atoms with Crippen LogP contribution in [-0.2, 0) is 32.2 Å². The lowest BCUT2D eigenvalue weighted by Crippen LogP contribution is -2.50. The van der Waals surface area contributed by atoms with Gasteiger partial charge >= 0.3 is 0 Å². The highest BCUT2D eigenvalue weighted by molar-refractivity contribution is 14.1. The highest BCUT2D eigenvalue weighted by Gasteiger charge is 2.39. The molecule has 0 amide bonds. The zero-order valence-corrected chi connectivity index (χ0v) is 17.1. The maximum Gasteiger partial charge on any atom is 0.183 e. The number of halogens is 1. The van der Waals surface area contributed by atoms with Crippen LogP contribution in [0.2, 0.25) is 0 Å². The van der Waals surface area contributed by atoms with Gasteiger partial charge in [-0.3, -0.25) is 0 Å². The van der Waals surface area contributed by atoms with E-state index in [4.69, 9.17) is 18.9 Å². The third-order valence-corrected chi connectivity index (χ3v) is 5.36. The van der Waals surface area contributed by atoms with Crippen molar-refractivity contribution in [1.82, 2.24) is 0 Å². The lowest BCUT2D eigenvalue weighted by Gasteiger charge is -2.40. The summed E-state index contributed by atoms with van der Waals surface area (Å²) in [7, 11) is 1.67. The van der Waals surface area contributed by atoms with Crippen LogP contribution in [0.5, 0.6) is 0 Å². The minimum Gasteiger partial charge on any atom is -0.371 e. The molecule has 0 aliphatic carbocycles. The van der Waals surface area contributed by atoms with E-state index in [1.807, 2.05) is 36.4 Å². The number of rotatable bonds is 8. The maximum absolute atomic E-state index is 6.18. The Hall–Kier alpha value is -0.990. The summed E-state index contributed by atoms with van der Waals surface area (Å²) >= 11 is 2.34. The van der Waals surface area contributed by atoms with Crippen LogP contribution in [0.25, 0.3) is 0 Å². The molecule has 0 N–H and O–H groups in total. The molecule has 0 bridgehead atoms. The van der Waals surface area contributed by atoms with Crippen LogP contribution in [-0.4, -0.2) is 36.1 Å². The Morgan fingerprint density at radius 3 is 1.92 bits per heavy atom. The molecule has 0 saturated carbocycles. The van der Waals surface area contributed by atoms with Crippen molar-refractivity contribution in [1.29, 1.82) is 0 Å². The predicted octanol–water partition coefficient (Wildman–Crippen LogP) is 4.35. The molecule has 26 heavy (non-hydrogen) atoms. The van der Waals surface area contributed by atoms with Gasteiger partial charge in [-0.05, 0) is 11.1 Å². The molecular weight excluding hydrogens is 443 g/mol. The first-order valence-corrected chi connectivity index (χ1v) is 10.4. The van der Waals surface area contributed by atoms with Crippen LogP contribution in [0, 0.1) is 0 Å².